The van der Waals surface area contributed by atoms with Crippen LogP contribution in [-0.2, 0) is 6.54 Å². The summed E-state index contributed by atoms with van der Waals surface area (Å²) in [6.07, 6.45) is 5.44. The van der Waals surface area contributed by atoms with Crippen molar-refractivity contribution >= 4 is 28.5 Å². The van der Waals surface area contributed by atoms with E-state index in [9.17, 15) is 0 Å². The number of aliphatic imine (C=N–C) groups is 1. The van der Waals surface area contributed by atoms with E-state index in [1.807, 2.05) is 36.0 Å². The molecule has 1 aromatic rings. The standard InChI is InChI=1S/C15H19ClN2S/c16-13-7-3-1-5-11(13)9-17-15-18-14-8-4-2-6-12(14)10-19-15/h1,3,5,7,12,14H,2,4,6,8-10H2,(H,17,18). The van der Waals surface area contributed by atoms with Crippen molar-refractivity contribution in [2.45, 2.75) is 38.3 Å². The zero-order valence-electron chi connectivity index (χ0n) is 10.9. The first-order valence-corrected chi connectivity index (χ1v) is 8.36. The molecule has 2 fully saturated rings. The first kappa shape index (κ1) is 13.3. The molecule has 0 spiro atoms. The second-order valence-corrected chi connectivity index (χ2v) is 6.74. The third-order valence-corrected chi connectivity index (χ3v) is 5.49. The Labute approximate surface area is 124 Å². The van der Waals surface area contributed by atoms with Gasteiger partial charge < -0.3 is 5.32 Å². The summed E-state index contributed by atoms with van der Waals surface area (Å²) in [4.78, 5) is 4.69. The fraction of sp³-hybridized carbons (Fsp3) is 0.533. The Kier molecular flexibility index (Phi) is 4.34. The second-order valence-electron chi connectivity index (χ2n) is 5.32. The van der Waals surface area contributed by atoms with Crippen LogP contribution < -0.4 is 5.32 Å². The number of thioether (sulfide) groups is 1. The summed E-state index contributed by atoms with van der Waals surface area (Å²) in [5.41, 5.74) is 1.10. The van der Waals surface area contributed by atoms with Crippen molar-refractivity contribution in [2.24, 2.45) is 10.9 Å². The predicted molar refractivity (Wildman–Crippen MR) is 83.9 cm³/mol. The van der Waals surface area contributed by atoms with Crippen molar-refractivity contribution in [3.63, 3.8) is 0 Å². The van der Waals surface area contributed by atoms with Crippen LogP contribution >= 0.6 is 23.4 Å². The number of hydrogen-bond acceptors (Lipinski definition) is 2. The van der Waals surface area contributed by atoms with Gasteiger partial charge in [-0.1, -0.05) is 54.4 Å². The van der Waals surface area contributed by atoms with Crippen molar-refractivity contribution in [3.8, 4) is 0 Å². The van der Waals surface area contributed by atoms with Gasteiger partial charge in [-0.25, -0.2) is 0 Å². The van der Waals surface area contributed by atoms with Gasteiger partial charge in [0.15, 0.2) is 5.17 Å². The largest absolute Gasteiger partial charge is 0.362 e. The summed E-state index contributed by atoms with van der Waals surface area (Å²) in [6, 6.07) is 8.60. The van der Waals surface area contributed by atoms with E-state index in [0.29, 0.717) is 12.6 Å². The highest BCUT2D eigenvalue weighted by Crippen LogP contribution is 2.31. The van der Waals surface area contributed by atoms with Gasteiger partial charge in [0.2, 0.25) is 0 Å². The summed E-state index contributed by atoms with van der Waals surface area (Å²) in [5.74, 6) is 2.07. The van der Waals surface area contributed by atoms with Gasteiger partial charge in [-0.05, 0) is 30.4 Å². The maximum Gasteiger partial charge on any atom is 0.157 e. The number of rotatable bonds is 2. The summed E-state index contributed by atoms with van der Waals surface area (Å²) in [6.45, 7) is 0.673. The fourth-order valence-corrected chi connectivity index (χ4v) is 4.22. The molecule has 2 nitrogen and oxygen atoms in total. The second kappa shape index (κ2) is 6.19. The van der Waals surface area contributed by atoms with Crippen LogP contribution in [0.3, 0.4) is 0 Å². The summed E-state index contributed by atoms with van der Waals surface area (Å²) >= 11 is 8.03. The number of fused-ring (bicyclic) bond motifs is 1. The van der Waals surface area contributed by atoms with Crippen LogP contribution in [0, 0.1) is 5.92 Å². The molecule has 2 atom stereocenters. The molecule has 1 saturated carbocycles. The Balaban J connectivity index is 1.63. The quantitative estimate of drug-likeness (QED) is 0.888. The van der Waals surface area contributed by atoms with Gasteiger partial charge >= 0.3 is 0 Å². The molecule has 3 rings (SSSR count). The minimum Gasteiger partial charge on any atom is -0.362 e. The number of amidine groups is 1. The van der Waals surface area contributed by atoms with E-state index in [2.05, 4.69) is 10.3 Å². The lowest BCUT2D eigenvalue weighted by atomic mass is 9.86. The van der Waals surface area contributed by atoms with Gasteiger partial charge in [-0.2, -0.15) is 0 Å². The summed E-state index contributed by atoms with van der Waals surface area (Å²) in [5, 5.41) is 5.52. The Morgan fingerprint density at radius 1 is 1.26 bits per heavy atom. The molecule has 1 aliphatic heterocycles. The Morgan fingerprint density at radius 3 is 3.00 bits per heavy atom. The van der Waals surface area contributed by atoms with Gasteiger partial charge in [0.05, 0.1) is 6.54 Å². The minimum atomic E-state index is 0.653. The molecule has 2 unspecified atom stereocenters. The van der Waals surface area contributed by atoms with Gasteiger partial charge in [0, 0.05) is 16.8 Å². The van der Waals surface area contributed by atoms with E-state index in [1.165, 1.54) is 31.4 Å². The van der Waals surface area contributed by atoms with E-state index in [1.54, 1.807) is 0 Å². The van der Waals surface area contributed by atoms with E-state index in [4.69, 9.17) is 11.6 Å². The fourth-order valence-electron chi connectivity index (χ4n) is 2.86. The molecule has 1 saturated heterocycles. The molecule has 1 aromatic carbocycles. The van der Waals surface area contributed by atoms with E-state index in [-0.39, 0.29) is 0 Å². The molecule has 4 heteroatoms. The Hall–Kier alpha value is -0.670. The van der Waals surface area contributed by atoms with Crippen LogP contribution in [0.15, 0.2) is 29.3 Å². The summed E-state index contributed by atoms with van der Waals surface area (Å²) < 4.78 is 0. The lowest BCUT2D eigenvalue weighted by Gasteiger charge is -2.36. The monoisotopic (exact) mass is 294 g/mol. The van der Waals surface area contributed by atoms with Crippen LogP contribution in [0.1, 0.15) is 31.2 Å². The number of benzene rings is 1. The number of nitrogens with one attached hydrogen (secondary N) is 1. The van der Waals surface area contributed by atoms with Crippen molar-refractivity contribution < 1.29 is 0 Å². The van der Waals surface area contributed by atoms with Crippen LogP contribution in [0.2, 0.25) is 5.02 Å². The molecule has 0 amide bonds. The van der Waals surface area contributed by atoms with Crippen LogP contribution in [0.5, 0.6) is 0 Å². The number of halogens is 1. The lowest BCUT2D eigenvalue weighted by Crippen LogP contribution is -2.46. The van der Waals surface area contributed by atoms with Gasteiger partial charge in [-0.15, -0.1) is 0 Å². The SMILES string of the molecule is Clc1ccccc1CN=C1NC2CCCCC2CS1. The third-order valence-electron chi connectivity index (χ3n) is 4.00. The van der Waals surface area contributed by atoms with Crippen molar-refractivity contribution in [1.82, 2.24) is 5.32 Å². The zero-order chi connectivity index (χ0) is 13.1. The molecule has 2 aliphatic rings. The molecule has 1 N–H and O–H groups in total. The Morgan fingerprint density at radius 2 is 2.11 bits per heavy atom. The highest BCUT2D eigenvalue weighted by Gasteiger charge is 2.30. The molecule has 1 aliphatic carbocycles. The van der Waals surface area contributed by atoms with E-state index < -0.39 is 0 Å². The molecule has 0 aromatic heterocycles. The maximum atomic E-state index is 6.16. The highest BCUT2D eigenvalue weighted by atomic mass is 35.5. The maximum absolute atomic E-state index is 6.16. The van der Waals surface area contributed by atoms with Crippen LogP contribution in [0.25, 0.3) is 0 Å². The van der Waals surface area contributed by atoms with Gasteiger partial charge in [-0.3, -0.25) is 4.99 Å². The molecule has 0 bridgehead atoms. The smallest absolute Gasteiger partial charge is 0.157 e. The third kappa shape index (κ3) is 3.26. The summed E-state index contributed by atoms with van der Waals surface area (Å²) in [7, 11) is 0. The minimum absolute atomic E-state index is 0.653. The average Bonchev–Trinajstić information content (AvgIpc) is 2.46. The molecule has 1 heterocycles. The van der Waals surface area contributed by atoms with Crippen LogP contribution in [0.4, 0.5) is 0 Å². The Bertz CT molecular complexity index is 475. The highest BCUT2D eigenvalue weighted by molar-refractivity contribution is 8.13. The lowest BCUT2D eigenvalue weighted by molar-refractivity contribution is 0.311. The first-order chi connectivity index (χ1) is 9.33. The topological polar surface area (TPSA) is 24.4 Å². The van der Waals surface area contributed by atoms with Crippen molar-refractivity contribution in [3.05, 3.63) is 34.9 Å². The van der Waals surface area contributed by atoms with Gasteiger partial charge in [0.25, 0.3) is 0 Å². The number of hydrogen-bond donors (Lipinski definition) is 1. The normalized spacial score (nSPS) is 28.8. The molecule has 0 radical (unpaired) electrons. The van der Waals surface area contributed by atoms with Gasteiger partial charge in [0.1, 0.15) is 0 Å². The predicted octanol–water partition coefficient (Wildman–Crippen LogP) is 4.09. The average molecular weight is 295 g/mol. The zero-order valence-corrected chi connectivity index (χ0v) is 12.5. The first-order valence-electron chi connectivity index (χ1n) is 7.00. The van der Waals surface area contributed by atoms with Crippen LogP contribution in [-0.4, -0.2) is 17.0 Å². The molecule has 102 valence electrons. The molecular formula is C15H19ClN2S. The molecule has 19 heavy (non-hydrogen) atoms. The van der Waals surface area contributed by atoms with Crippen molar-refractivity contribution in [1.29, 1.82) is 0 Å². The number of nitrogens with zero attached hydrogens (tertiary/aromatic N) is 1. The molecular weight excluding hydrogens is 276 g/mol. The van der Waals surface area contributed by atoms with E-state index >= 15 is 0 Å². The van der Waals surface area contributed by atoms with E-state index in [0.717, 1.165) is 21.7 Å². The van der Waals surface area contributed by atoms with Crippen molar-refractivity contribution in [2.75, 3.05) is 5.75 Å².